The number of nitrogens with one attached hydrogen (secondary N) is 1. The fourth-order valence-electron chi connectivity index (χ4n) is 1.75. The van der Waals surface area contributed by atoms with Crippen LogP contribution in [0.25, 0.3) is 0 Å². The fraction of sp³-hybridized carbons (Fsp3) is 0.154. The van der Waals surface area contributed by atoms with Gasteiger partial charge in [-0.15, -0.1) is 0 Å². The molecule has 4 heteroatoms. The Kier molecular flexibility index (Phi) is 3.80. The topological polar surface area (TPSA) is 50.9 Å². The standard InChI is InChI=1S/C13H14FN3/c14-12-4-2-1-3-11(12)9-13(17-15)10-5-7-16-8-6-10/h1-8,13,17H,9,15H2. The van der Waals surface area contributed by atoms with Crippen LogP contribution in [0, 0.1) is 5.82 Å². The van der Waals surface area contributed by atoms with E-state index in [4.69, 9.17) is 5.84 Å². The largest absolute Gasteiger partial charge is 0.271 e. The first kappa shape index (κ1) is 11.7. The Balaban J connectivity index is 2.19. The molecular formula is C13H14FN3. The van der Waals surface area contributed by atoms with Gasteiger partial charge in [0.2, 0.25) is 0 Å². The van der Waals surface area contributed by atoms with Crippen LogP contribution >= 0.6 is 0 Å². The average Bonchev–Trinajstić information content (AvgIpc) is 2.39. The first-order chi connectivity index (χ1) is 8.31. The lowest BCUT2D eigenvalue weighted by molar-refractivity contribution is 0.529. The number of benzene rings is 1. The van der Waals surface area contributed by atoms with Gasteiger partial charge >= 0.3 is 0 Å². The number of rotatable bonds is 4. The molecule has 17 heavy (non-hydrogen) atoms. The Morgan fingerprint density at radius 1 is 1.18 bits per heavy atom. The highest BCUT2D eigenvalue weighted by Crippen LogP contribution is 2.18. The Labute approximate surface area is 99.5 Å². The van der Waals surface area contributed by atoms with Gasteiger partial charge in [-0.1, -0.05) is 18.2 Å². The number of pyridine rings is 1. The number of nitrogens with two attached hydrogens (primary N) is 1. The maximum Gasteiger partial charge on any atom is 0.126 e. The SMILES string of the molecule is NNC(Cc1ccccc1F)c1ccncc1. The maximum absolute atomic E-state index is 13.5. The van der Waals surface area contributed by atoms with E-state index >= 15 is 0 Å². The van der Waals surface area contributed by atoms with Crippen LogP contribution in [-0.2, 0) is 6.42 Å². The average molecular weight is 231 g/mol. The molecule has 0 aliphatic heterocycles. The molecule has 3 N–H and O–H groups in total. The Morgan fingerprint density at radius 2 is 1.88 bits per heavy atom. The molecule has 1 heterocycles. The summed E-state index contributed by atoms with van der Waals surface area (Å²) in [5.41, 5.74) is 4.34. The fourth-order valence-corrected chi connectivity index (χ4v) is 1.75. The highest BCUT2D eigenvalue weighted by atomic mass is 19.1. The molecular weight excluding hydrogens is 217 g/mol. The van der Waals surface area contributed by atoms with E-state index in [9.17, 15) is 4.39 Å². The first-order valence-corrected chi connectivity index (χ1v) is 5.40. The maximum atomic E-state index is 13.5. The van der Waals surface area contributed by atoms with Crippen LogP contribution < -0.4 is 11.3 Å². The summed E-state index contributed by atoms with van der Waals surface area (Å²) in [7, 11) is 0. The van der Waals surface area contributed by atoms with Gasteiger partial charge in [0.1, 0.15) is 5.82 Å². The third kappa shape index (κ3) is 2.87. The molecule has 1 aromatic carbocycles. The molecule has 0 bridgehead atoms. The monoisotopic (exact) mass is 231 g/mol. The summed E-state index contributed by atoms with van der Waals surface area (Å²) in [6, 6.07) is 10.3. The highest BCUT2D eigenvalue weighted by molar-refractivity contribution is 5.23. The van der Waals surface area contributed by atoms with Crippen molar-refractivity contribution in [3.8, 4) is 0 Å². The van der Waals surface area contributed by atoms with E-state index in [1.54, 1.807) is 24.5 Å². The number of halogens is 1. The summed E-state index contributed by atoms with van der Waals surface area (Å²) in [6.45, 7) is 0. The zero-order valence-electron chi connectivity index (χ0n) is 9.31. The minimum Gasteiger partial charge on any atom is -0.271 e. The minimum atomic E-state index is -0.207. The lowest BCUT2D eigenvalue weighted by Crippen LogP contribution is -2.29. The van der Waals surface area contributed by atoms with E-state index in [1.807, 2.05) is 18.2 Å². The predicted molar refractivity (Wildman–Crippen MR) is 64.4 cm³/mol. The Bertz CT molecular complexity index is 473. The van der Waals surface area contributed by atoms with Gasteiger partial charge in [0, 0.05) is 12.4 Å². The van der Waals surface area contributed by atoms with Crippen LogP contribution in [0.2, 0.25) is 0 Å². The van der Waals surface area contributed by atoms with E-state index in [-0.39, 0.29) is 11.9 Å². The number of hydrogen-bond acceptors (Lipinski definition) is 3. The third-order valence-electron chi connectivity index (χ3n) is 2.69. The van der Waals surface area contributed by atoms with Crippen LogP contribution in [0.15, 0.2) is 48.8 Å². The van der Waals surface area contributed by atoms with Gasteiger partial charge in [0.15, 0.2) is 0 Å². The minimum absolute atomic E-state index is 0.116. The number of hydrazine groups is 1. The second-order valence-corrected chi connectivity index (χ2v) is 3.80. The molecule has 0 fully saturated rings. The van der Waals surface area contributed by atoms with Crippen molar-refractivity contribution < 1.29 is 4.39 Å². The molecule has 0 amide bonds. The number of hydrogen-bond donors (Lipinski definition) is 2. The lowest BCUT2D eigenvalue weighted by atomic mass is 10.00. The van der Waals surface area contributed by atoms with Crippen LogP contribution in [0.5, 0.6) is 0 Å². The van der Waals surface area contributed by atoms with Crippen molar-refractivity contribution in [3.63, 3.8) is 0 Å². The van der Waals surface area contributed by atoms with Crippen molar-refractivity contribution in [1.82, 2.24) is 10.4 Å². The van der Waals surface area contributed by atoms with E-state index in [0.29, 0.717) is 12.0 Å². The lowest BCUT2D eigenvalue weighted by Gasteiger charge is -2.16. The highest BCUT2D eigenvalue weighted by Gasteiger charge is 2.12. The summed E-state index contributed by atoms with van der Waals surface area (Å²) in [5, 5.41) is 0. The number of aromatic nitrogens is 1. The molecule has 0 saturated heterocycles. The van der Waals surface area contributed by atoms with Crippen LogP contribution in [-0.4, -0.2) is 4.98 Å². The Morgan fingerprint density at radius 3 is 2.53 bits per heavy atom. The molecule has 0 aliphatic carbocycles. The molecule has 2 aromatic rings. The van der Waals surface area contributed by atoms with Gasteiger partial charge in [-0.3, -0.25) is 16.3 Å². The molecule has 1 atom stereocenters. The van der Waals surface area contributed by atoms with Gasteiger partial charge in [-0.25, -0.2) is 4.39 Å². The van der Waals surface area contributed by atoms with E-state index in [0.717, 1.165) is 5.56 Å². The molecule has 0 saturated carbocycles. The molecule has 0 radical (unpaired) electrons. The second-order valence-electron chi connectivity index (χ2n) is 3.80. The zero-order valence-corrected chi connectivity index (χ0v) is 9.31. The summed E-state index contributed by atoms with van der Waals surface area (Å²) in [5.74, 6) is 5.30. The summed E-state index contributed by atoms with van der Waals surface area (Å²) < 4.78 is 13.5. The smallest absolute Gasteiger partial charge is 0.126 e. The first-order valence-electron chi connectivity index (χ1n) is 5.40. The number of nitrogens with zero attached hydrogens (tertiary/aromatic N) is 1. The van der Waals surface area contributed by atoms with E-state index in [1.165, 1.54) is 6.07 Å². The normalized spacial score (nSPS) is 12.4. The van der Waals surface area contributed by atoms with E-state index < -0.39 is 0 Å². The zero-order chi connectivity index (χ0) is 12.1. The van der Waals surface area contributed by atoms with Crippen LogP contribution in [0.1, 0.15) is 17.2 Å². The van der Waals surface area contributed by atoms with Crippen molar-refractivity contribution in [2.45, 2.75) is 12.5 Å². The Hall–Kier alpha value is -1.78. The van der Waals surface area contributed by atoms with Crippen molar-refractivity contribution in [1.29, 1.82) is 0 Å². The van der Waals surface area contributed by atoms with Crippen LogP contribution in [0.4, 0.5) is 4.39 Å². The molecule has 1 aromatic heterocycles. The van der Waals surface area contributed by atoms with Gasteiger partial charge in [0.05, 0.1) is 6.04 Å². The summed E-state index contributed by atoms with van der Waals surface area (Å²) in [4.78, 5) is 3.94. The van der Waals surface area contributed by atoms with Gasteiger partial charge < -0.3 is 0 Å². The molecule has 0 spiro atoms. The molecule has 2 rings (SSSR count). The van der Waals surface area contributed by atoms with Gasteiger partial charge in [0.25, 0.3) is 0 Å². The van der Waals surface area contributed by atoms with E-state index in [2.05, 4.69) is 10.4 Å². The molecule has 1 unspecified atom stereocenters. The van der Waals surface area contributed by atoms with Gasteiger partial charge in [-0.2, -0.15) is 0 Å². The summed E-state index contributed by atoms with van der Waals surface area (Å²) >= 11 is 0. The van der Waals surface area contributed by atoms with Gasteiger partial charge in [-0.05, 0) is 35.7 Å². The molecule has 3 nitrogen and oxygen atoms in total. The third-order valence-corrected chi connectivity index (χ3v) is 2.69. The molecule has 0 aliphatic rings. The quantitative estimate of drug-likeness (QED) is 0.624. The van der Waals surface area contributed by atoms with Crippen molar-refractivity contribution in [3.05, 3.63) is 65.7 Å². The predicted octanol–water partition coefficient (Wildman–Crippen LogP) is 1.97. The van der Waals surface area contributed by atoms with Crippen molar-refractivity contribution in [2.24, 2.45) is 5.84 Å². The molecule has 88 valence electrons. The van der Waals surface area contributed by atoms with Crippen LogP contribution in [0.3, 0.4) is 0 Å². The van der Waals surface area contributed by atoms with Crippen molar-refractivity contribution >= 4 is 0 Å². The second kappa shape index (κ2) is 5.52. The van der Waals surface area contributed by atoms with Crippen molar-refractivity contribution in [2.75, 3.05) is 0 Å². The summed E-state index contributed by atoms with van der Waals surface area (Å²) in [6.07, 6.45) is 3.90.